The van der Waals surface area contributed by atoms with Gasteiger partial charge in [-0.15, -0.1) is 0 Å². The number of nitrogens with zero attached hydrogens (tertiary/aromatic N) is 1. The number of aliphatic hydroxyl groups excluding tert-OH is 1. The maximum Gasteiger partial charge on any atom is 0.223 e. The Bertz CT molecular complexity index is 902. The largest absolute Gasteiger partial charge is 0.493 e. The van der Waals surface area contributed by atoms with Crippen LogP contribution in [0.5, 0.6) is 17.2 Å². The molecule has 4 rings (SSSR count). The Hall–Kier alpha value is -2.48. The summed E-state index contributed by atoms with van der Waals surface area (Å²) in [5, 5.41) is 14.8. The second-order valence-electron chi connectivity index (χ2n) is 8.08. The van der Waals surface area contributed by atoms with E-state index in [1.54, 1.807) is 30.3 Å². The maximum absolute atomic E-state index is 12.7. The predicted molar refractivity (Wildman–Crippen MR) is 122 cm³/mol. The lowest BCUT2D eigenvalue weighted by Crippen LogP contribution is -2.47. The fraction of sp³-hybridized carbons (Fsp3) is 0.458. The zero-order valence-corrected chi connectivity index (χ0v) is 18.7. The van der Waals surface area contributed by atoms with E-state index in [0.717, 1.165) is 25.9 Å². The van der Waals surface area contributed by atoms with Gasteiger partial charge in [0.1, 0.15) is 25.1 Å². The first-order valence-corrected chi connectivity index (χ1v) is 11.4. The Kier molecular flexibility index (Phi) is 7.73. The molecule has 0 spiro atoms. The second-order valence-corrected chi connectivity index (χ2v) is 8.52. The quantitative estimate of drug-likeness (QED) is 0.598. The molecule has 2 atom stereocenters. The third-order valence-electron chi connectivity index (χ3n) is 5.70. The van der Waals surface area contributed by atoms with E-state index in [0.29, 0.717) is 47.6 Å². The fourth-order valence-corrected chi connectivity index (χ4v) is 4.14. The van der Waals surface area contributed by atoms with Crippen LogP contribution in [0, 0.1) is 0 Å². The predicted octanol–water partition coefficient (Wildman–Crippen LogP) is 3.19. The molecule has 2 aromatic rings. The van der Waals surface area contributed by atoms with Gasteiger partial charge in [-0.2, -0.15) is 0 Å². The summed E-state index contributed by atoms with van der Waals surface area (Å²) in [6, 6.07) is 12.0. The molecule has 8 heteroatoms. The Morgan fingerprint density at radius 2 is 1.81 bits per heavy atom. The van der Waals surface area contributed by atoms with Crippen LogP contribution in [0.2, 0.25) is 5.02 Å². The average molecular weight is 461 g/mol. The van der Waals surface area contributed by atoms with Gasteiger partial charge in [-0.05, 0) is 67.9 Å². The lowest BCUT2D eigenvalue weighted by molar-refractivity contribution is -0.123. The van der Waals surface area contributed by atoms with Crippen molar-refractivity contribution in [3.8, 4) is 17.2 Å². The van der Waals surface area contributed by atoms with Crippen LogP contribution < -0.4 is 19.5 Å². The monoisotopic (exact) mass is 460 g/mol. The van der Waals surface area contributed by atoms with Crippen molar-refractivity contribution in [3.63, 3.8) is 0 Å². The number of likely N-dealkylation sites (tertiary alicyclic amines) is 1. The Morgan fingerprint density at radius 1 is 1.09 bits per heavy atom. The van der Waals surface area contributed by atoms with Crippen molar-refractivity contribution in [3.05, 3.63) is 53.1 Å². The van der Waals surface area contributed by atoms with E-state index in [1.165, 1.54) is 0 Å². The third-order valence-corrected chi connectivity index (χ3v) is 5.95. The second kappa shape index (κ2) is 10.9. The summed E-state index contributed by atoms with van der Waals surface area (Å²) in [5.41, 5.74) is 0.691. The number of carbonyl (C=O) groups is 1. The van der Waals surface area contributed by atoms with E-state index in [-0.39, 0.29) is 18.9 Å². The van der Waals surface area contributed by atoms with E-state index in [1.807, 2.05) is 12.1 Å². The number of carbonyl (C=O) groups excluding carboxylic acids is 1. The molecule has 0 bridgehead atoms. The molecule has 2 N–H and O–H groups in total. The molecule has 0 radical (unpaired) electrons. The number of rotatable bonds is 9. The molecule has 1 unspecified atom stereocenters. The smallest absolute Gasteiger partial charge is 0.223 e. The number of benzene rings is 2. The highest BCUT2D eigenvalue weighted by molar-refractivity contribution is 6.30. The zero-order chi connectivity index (χ0) is 22.3. The van der Waals surface area contributed by atoms with Crippen molar-refractivity contribution in [2.75, 3.05) is 39.5 Å². The molecule has 0 aliphatic carbocycles. The Labute approximate surface area is 193 Å². The highest BCUT2D eigenvalue weighted by atomic mass is 35.5. The van der Waals surface area contributed by atoms with Crippen LogP contribution in [0.3, 0.4) is 0 Å². The first-order chi connectivity index (χ1) is 15.6. The minimum Gasteiger partial charge on any atom is -0.493 e. The fourth-order valence-electron chi connectivity index (χ4n) is 4.02. The number of fused-ring (bicyclic) bond motifs is 1. The van der Waals surface area contributed by atoms with E-state index in [9.17, 15) is 9.90 Å². The number of aliphatic hydroxyl groups is 1. The van der Waals surface area contributed by atoms with Gasteiger partial charge in [0.25, 0.3) is 0 Å². The van der Waals surface area contributed by atoms with Gasteiger partial charge in [0.05, 0.1) is 19.1 Å². The lowest BCUT2D eigenvalue weighted by Gasteiger charge is -2.29. The molecular weight excluding hydrogens is 432 g/mol. The topological polar surface area (TPSA) is 80.3 Å². The minimum atomic E-state index is -0.868. The van der Waals surface area contributed by atoms with E-state index in [2.05, 4.69) is 10.2 Å². The van der Waals surface area contributed by atoms with Crippen LogP contribution >= 0.6 is 11.6 Å². The molecule has 7 nitrogen and oxygen atoms in total. The first kappa shape index (κ1) is 22.7. The molecule has 0 saturated carbocycles. The van der Waals surface area contributed by atoms with Gasteiger partial charge in [-0.3, -0.25) is 4.79 Å². The van der Waals surface area contributed by atoms with Crippen molar-refractivity contribution < 1.29 is 24.1 Å². The summed E-state index contributed by atoms with van der Waals surface area (Å²) >= 11 is 5.88. The average Bonchev–Trinajstić information content (AvgIpc) is 3.32. The molecule has 1 fully saturated rings. The third kappa shape index (κ3) is 6.06. The lowest BCUT2D eigenvalue weighted by atomic mass is 10.0. The summed E-state index contributed by atoms with van der Waals surface area (Å²) in [5.74, 6) is 1.79. The molecule has 2 aliphatic rings. The van der Waals surface area contributed by atoms with Gasteiger partial charge < -0.3 is 29.5 Å². The number of nitrogens with one attached hydrogen (secondary N) is 1. The highest BCUT2D eigenvalue weighted by Gasteiger charge is 2.27. The summed E-state index contributed by atoms with van der Waals surface area (Å²) < 4.78 is 16.9. The molecule has 32 heavy (non-hydrogen) atoms. The normalized spacial score (nSPS) is 17.6. The molecule has 2 aliphatic heterocycles. The SMILES string of the molecule is O=C(CCOc1ccc(Cl)cc1)N[C@H](CN1CCCC1)C(O)c1ccc2c(c1)OCCO2. The zero-order valence-electron chi connectivity index (χ0n) is 18.0. The minimum absolute atomic E-state index is 0.167. The van der Waals surface area contributed by atoms with E-state index < -0.39 is 12.1 Å². The van der Waals surface area contributed by atoms with E-state index >= 15 is 0 Å². The van der Waals surface area contributed by atoms with Gasteiger partial charge >= 0.3 is 0 Å². The number of halogens is 1. The van der Waals surface area contributed by atoms with Crippen molar-refractivity contribution in [2.45, 2.75) is 31.4 Å². The van der Waals surface area contributed by atoms with Gasteiger partial charge in [-0.25, -0.2) is 0 Å². The molecule has 2 heterocycles. The standard InChI is InChI=1S/C24H29ClN2O5/c25-18-4-6-19(7-5-18)30-12-9-23(28)26-20(16-27-10-1-2-11-27)24(29)17-3-8-21-22(15-17)32-14-13-31-21/h3-8,15,20,24,29H,1-2,9-14,16H2,(H,26,28)/t20-,24?/m1/s1. The number of hydrogen-bond acceptors (Lipinski definition) is 6. The van der Waals surface area contributed by atoms with Crippen molar-refractivity contribution >= 4 is 17.5 Å². The van der Waals surface area contributed by atoms with Gasteiger partial charge in [0, 0.05) is 11.6 Å². The van der Waals surface area contributed by atoms with Crippen LogP contribution in [0.25, 0.3) is 0 Å². The van der Waals surface area contributed by atoms with Crippen LogP contribution in [-0.4, -0.2) is 61.4 Å². The van der Waals surface area contributed by atoms with Crippen LogP contribution in [0.15, 0.2) is 42.5 Å². The van der Waals surface area contributed by atoms with Crippen molar-refractivity contribution in [2.24, 2.45) is 0 Å². The summed E-state index contributed by atoms with van der Waals surface area (Å²) in [6.07, 6.45) is 1.59. The highest BCUT2D eigenvalue weighted by Crippen LogP contribution is 2.33. The van der Waals surface area contributed by atoms with Crippen LogP contribution in [-0.2, 0) is 4.79 Å². The molecule has 172 valence electrons. The van der Waals surface area contributed by atoms with Crippen molar-refractivity contribution in [1.29, 1.82) is 0 Å². The Balaban J connectivity index is 1.38. The summed E-state index contributed by atoms with van der Waals surface area (Å²) in [6.45, 7) is 3.76. The number of hydrogen-bond donors (Lipinski definition) is 2. The molecular formula is C24H29ClN2O5. The van der Waals surface area contributed by atoms with Gasteiger partial charge in [0.2, 0.25) is 5.91 Å². The molecule has 2 aromatic carbocycles. The van der Waals surface area contributed by atoms with Crippen LogP contribution in [0.1, 0.15) is 30.9 Å². The maximum atomic E-state index is 12.7. The summed E-state index contributed by atoms with van der Waals surface area (Å²) in [7, 11) is 0. The first-order valence-electron chi connectivity index (χ1n) is 11.1. The molecule has 1 saturated heterocycles. The Morgan fingerprint density at radius 3 is 2.56 bits per heavy atom. The molecule has 1 amide bonds. The summed E-state index contributed by atoms with van der Waals surface area (Å²) in [4.78, 5) is 14.9. The van der Waals surface area contributed by atoms with Crippen LogP contribution in [0.4, 0.5) is 0 Å². The number of ether oxygens (including phenoxy) is 3. The van der Waals surface area contributed by atoms with Gasteiger partial charge in [0.15, 0.2) is 11.5 Å². The van der Waals surface area contributed by atoms with E-state index in [4.69, 9.17) is 25.8 Å². The van der Waals surface area contributed by atoms with Crippen molar-refractivity contribution in [1.82, 2.24) is 10.2 Å². The number of amides is 1. The molecule has 0 aromatic heterocycles. The van der Waals surface area contributed by atoms with Gasteiger partial charge in [-0.1, -0.05) is 17.7 Å².